The van der Waals surface area contributed by atoms with Gasteiger partial charge in [-0.05, 0) is 42.5 Å². The SMILES string of the molecule is CCCCCCCCCCCCOc1ccc(OCC(=O)NCCc2ccc[n+](CCC)c2)cc1C(C)(C)C.[I-]. The molecule has 0 saturated heterocycles. The molecule has 0 aliphatic heterocycles. The number of nitrogens with one attached hydrogen (secondary N) is 1. The zero-order chi connectivity index (χ0) is 28.3. The Morgan fingerprint density at radius 1 is 0.875 bits per heavy atom. The molecule has 0 atom stereocenters. The van der Waals surface area contributed by atoms with Gasteiger partial charge < -0.3 is 38.8 Å². The van der Waals surface area contributed by atoms with Gasteiger partial charge in [0.15, 0.2) is 19.0 Å². The van der Waals surface area contributed by atoms with Crippen molar-refractivity contribution in [1.82, 2.24) is 5.32 Å². The van der Waals surface area contributed by atoms with Crippen LogP contribution in [0.3, 0.4) is 0 Å². The Hall–Kier alpha value is -1.83. The maximum Gasteiger partial charge on any atom is 0.257 e. The maximum absolute atomic E-state index is 12.4. The second-order valence-corrected chi connectivity index (χ2v) is 11.8. The monoisotopic (exact) mass is 666 g/mol. The average Bonchev–Trinajstić information content (AvgIpc) is 2.91. The van der Waals surface area contributed by atoms with Crippen molar-refractivity contribution in [2.75, 3.05) is 19.8 Å². The maximum atomic E-state index is 12.4. The number of halogens is 1. The lowest BCUT2D eigenvalue weighted by atomic mass is 9.86. The van der Waals surface area contributed by atoms with Crippen LogP contribution in [0.15, 0.2) is 42.7 Å². The molecule has 0 fully saturated rings. The standard InChI is InChI=1S/C34H54N2O3.HI/c1-6-8-9-10-11-12-13-14-15-16-25-38-32-20-19-30(26-31(32)34(3,4)5)39-28-33(37)35-22-21-29-18-17-24-36(27-29)23-7-2;/h17-20,24,26-27H,6-16,21-23,25,28H2,1-5H3;1H. The summed E-state index contributed by atoms with van der Waals surface area (Å²) in [6, 6.07) is 10.1. The molecule has 1 amide bonds. The van der Waals surface area contributed by atoms with E-state index in [4.69, 9.17) is 9.47 Å². The lowest BCUT2D eigenvalue weighted by Crippen LogP contribution is -3.00. The molecule has 40 heavy (non-hydrogen) atoms. The van der Waals surface area contributed by atoms with Crippen molar-refractivity contribution in [2.45, 2.75) is 124 Å². The molecule has 0 spiro atoms. The number of nitrogens with zero attached hydrogens (tertiary/aromatic N) is 1. The molecule has 1 heterocycles. The van der Waals surface area contributed by atoms with Gasteiger partial charge in [-0.15, -0.1) is 0 Å². The van der Waals surface area contributed by atoms with Gasteiger partial charge in [0.25, 0.3) is 5.91 Å². The van der Waals surface area contributed by atoms with Crippen LogP contribution in [-0.2, 0) is 23.2 Å². The summed E-state index contributed by atoms with van der Waals surface area (Å²) in [5.74, 6) is 1.51. The molecule has 1 aromatic heterocycles. The molecule has 0 unspecified atom stereocenters. The van der Waals surface area contributed by atoms with Crippen LogP contribution in [0, 0.1) is 0 Å². The lowest BCUT2D eigenvalue weighted by Gasteiger charge is -2.24. The van der Waals surface area contributed by atoms with Crippen LogP contribution in [-0.4, -0.2) is 25.7 Å². The lowest BCUT2D eigenvalue weighted by molar-refractivity contribution is -0.697. The fraction of sp³-hybridized carbons (Fsp3) is 0.647. The Balaban J connectivity index is 0.00000800. The molecule has 1 aromatic carbocycles. The van der Waals surface area contributed by atoms with E-state index in [2.05, 4.69) is 69.0 Å². The molecule has 0 aliphatic rings. The van der Waals surface area contributed by atoms with E-state index in [0.29, 0.717) is 12.3 Å². The summed E-state index contributed by atoms with van der Waals surface area (Å²) in [7, 11) is 0. The van der Waals surface area contributed by atoms with E-state index < -0.39 is 0 Å². The topological polar surface area (TPSA) is 51.4 Å². The van der Waals surface area contributed by atoms with E-state index in [1.54, 1.807) is 0 Å². The number of ether oxygens (including phenoxy) is 2. The first-order valence-electron chi connectivity index (χ1n) is 15.5. The first kappa shape index (κ1) is 36.2. The van der Waals surface area contributed by atoms with Crippen molar-refractivity contribution >= 4 is 5.91 Å². The molecule has 2 aromatic rings. The van der Waals surface area contributed by atoms with E-state index in [0.717, 1.165) is 43.7 Å². The highest BCUT2D eigenvalue weighted by atomic mass is 127. The van der Waals surface area contributed by atoms with Crippen molar-refractivity contribution in [1.29, 1.82) is 0 Å². The Labute approximate surface area is 261 Å². The number of hydrogen-bond donors (Lipinski definition) is 1. The van der Waals surface area contributed by atoms with Gasteiger partial charge in [-0.2, -0.15) is 0 Å². The first-order valence-corrected chi connectivity index (χ1v) is 15.5. The number of benzene rings is 1. The second kappa shape index (κ2) is 21.0. The van der Waals surface area contributed by atoms with E-state index in [9.17, 15) is 4.79 Å². The van der Waals surface area contributed by atoms with Gasteiger partial charge in [0.2, 0.25) is 0 Å². The van der Waals surface area contributed by atoms with Crippen LogP contribution in [0.2, 0.25) is 0 Å². The van der Waals surface area contributed by atoms with Gasteiger partial charge in [0, 0.05) is 30.2 Å². The summed E-state index contributed by atoms with van der Waals surface area (Å²) in [5, 5.41) is 2.97. The summed E-state index contributed by atoms with van der Waals surface area (Å²) in [5.41, 5.74) is 2.24. The number of pyridine rings is 1. The fourth-order valence-corrected chi connectivity index (χ4v) is 4.75. The third-order valence-corrected chi connectivity index (χ3v) is 7.02. The zero-order valence-electron chi connectivity index (χ0n) is 25.9. The molecule has 5 nitrogen and oxygen atoms in total. The highest BCUT2D eigenvalue weighted by Crippen LogP contribution is 2.34. The smallest absolute Gasteiger partial charge is 0.257 e. The van der Waals surface area contributed by atoms with E-state index in [1.807, 2.05) is 18.2 Å². The first-order chi connectivity index (χ1) is 18.8. The van der Waals surface area contributed by atoms with Crippen LogP contribution < -0.4 is 43.3 Å². The van der Waals surface area contributed by atoms with Crippen molar-refractivity contribution < 1.29 is 42.8 Å². The Kier molecular flexibility index (Phi) is 19.0. The molecule has 0 saturated carbocycles. The van der Waals surface area contributed by atoms with Crippen LogP contribution in [0.5, 0.6) is 11.5 Å². The number of carbonyl (C=O) groups excluding carboxylic acids is 1. The molecular weight excluding hydrogens is 611 g/mol. The minimum Gasteiger partial charge on any atom is -1.00 e. The molecule has 6 heteroatoms. The van der Waals surface area contributed by atoms with Gasteiger partial charge in [-0.25, -0.2) is 4.57 Å². The second-order valence-electron chi connectivity index (χ2n) is 11.8. The van der Waals surface area contributed by atoms with Crippen LogP contribution in [0.1, 0.15) is 116 Å². The van der Waals surface area contributed by atoms with Crippen molar-refractivity contribution in [2.24, 2.45) is 0 Å². The number of unbranched alkanes of at least 4 members (excludes halogenated alkanes) is 9. The number of hydrogen-bond acceptors (Lipinski definition) is 3. The summed E-state index contributed by atoms with van der Waals surface area (Å²) in [4.78, 5) is 12.4. The average molecular weight is 667 g/mol. The molecule has 226 valence electrons. The summed E-state index contributed by atoms with van der Waals surface area (Å²) in [6.45, 7) is 13.3. The molecule has 2 rings (SSSR count). The third kappa shape index (κ3) is 15.2. The molecule has 0 radical (unpaired) electrons. The van der Waals surface area contributed by atoms with Crippen molar-refractivity contribution in [3.05, 3.63) is 53.9 Å². The van der Waals surface area contributed by atoms with Crippen LogP contribution >= 0.6 is 0 Å². The summed E-state index contributed by atoms with van der Waals surface area (Å²) >= 11 is 0. The number of amides is 1. The predicted molar refractivity (Wildman–Crippen MR) is 162 cm³/mol. The summed E-state index contributed by atoms with van der Waals surface area (Å²) < 4.78 is 14.2. The number of aryl methyl sites for hydroxylation is 1. The van der Waals surface area contributed by atoms with E-state index in [1.165, 1.54) is 63.4 Å². The molecule has 0 bridgehead atoms. The molecule has 1 N–H and O–H groups in total. The Morgan fingerprint density at radius 3 is 2.20 bits per heavy atom. The van der Waals surface area contributed by atoms with Crippen molar-refractivity contribution in [3.8, 4) is 11.5 Å². The largest absolute Gasteiger partial charge is 1.00 e. The van der Waals surface area contributed by atoms with Crippen LogP contribution in [0.4, 0.5) is 0 Å². The highest BCUT2D eigenvalue weighted by Gasteiger charge is 2.20. The summed E-state index contributed by atoms with van der Waals surface area (Å²) in [6.07, 6.45) is 19.3. The Morgan fingerprint density at radius 2 is 1.55 bits per heavy atom. The highest BCUT2D eigenvalue weighted by molar-refractivity contribution is 5.77. The fourth-order valence-electron chi connectivity index (χ4n) is 4.75. The minimum absolute atomic E-state index is 0. The molecular formula is C34H55IN2O3. The van der Waals surface area contributed by atoms with E-state index in [-0.39, 0.29) is 41.9 Å². The van der Waals surface area contributed by atoms with Crippen LogP contribution in [0.25, 0.3) is 0 Å². The normalized spacial score (nSPS) is 11.1. The Bertz CT molecular complexity index is 958. The molecule has 0 aliphatic carbocycles. The van der Waals surface area contributed by atoms with Gasteiger partial charge in [-0.1, -0.05) is 92.4 Å². The van der Waals surface area contributed by atoms with Gasteiger partial charge in [-0.3, -0.25) is 4.79 Å². The van der Waals surface area contributed by atoms with Gasteiger partial charge >= 0.3 is 0 Å². The number of carbonyl (C=O) groups is 1. The van der Waals surface area contributed by atoms with E-state index >= 15 is 0 Å². The number of rotatable bonds is 20. The predicted octanol–water partition coefficient (Wildman–Crippen LogP) is 4.72. The quantitative estimate of drug-likeness (QED) is 0.127. The third-order valence-electron chi connectivity index (χ3n) is 7.02. The van der Waals surface area contributed by atoms with Gasteiger partial charge in [0.05, 0.1) is 6.61 Å². The minimum atomic E-state index is -0.106. The zero-order valence-corrected chi connectivity index (χ0v) is 28.1. The van der Waals surface area contributed by atoms with Crippen molar-refractivity contribution in [3.63, 3.8) is 0 Å². The number of aromatic nitrogens is 1. The van der Waals surface area contributed by atoms with Gasteiger partial charge in [0.1, 0.15) is 18.0 Å².